The first kappa shape index (κ1) is 14.7. The van der Waals surface area contributed by atoms with E-state index in [-0.39, 0.29) is 5.91 Å². The smallest absolute Gasteiger partial charge is 0.307 e. The van der Waals surface area contributed by atoms with Crippen LogP contribution in [0.1, 0.15) is 25.7 Å². The van der Waals surface area contributed by atoms with Crippen LogP contribution < -0.4 is 5.32 Å². The van der Waals surface area contributed by atoms with Gasteiger partial charge in [0.05, 0.1) is 25.0 Å². The summed E-state index contributed by atoms with van der Waals surface area (Å²) in [6.07, 6.45) is 4.72. The molecule has 2 atom stereocenters. The van der Waals surface area contributed by atoms with Crippen LogP contribution in [0.25, 0.3) is 0 Å². The number of hydrogen-bond acceptors (Lipinski definition) is 3. The van der Waals surface area contributed by atoms with Gasteiger partial charge in [-0.15, -0.1) is 6.58 Å². The van der Waals surface area contributed by atoms with Crippen molar-refractivity contribution in [3.8, 4) is 0 Å². The standard InChI is InChI=1S/C13H21NO4/c1-2-8-18-9-7-14-12(15)10-5-3-4-6-11(10)13(16)17/h2,10-11H,1,3-9H2,(H,14,15)(H,16,17). The van der Waals surface area contributed by atoms with Gasteiger partial charge in [-0.05, 0) is 12.8 Å². The zero-order valence-corrected chi connectivity index (χ0v) is 10.6. The van der Waals surface area contributed by atoms with Crippen LogP contribution >= 0.6 is 0 Å². The number of amides is 1. The third kappa shape index (κ3) is 4.49. The van der Waals surface area contributed by atoms with Crippen LogP contribution in [0.2, 0.25) is 0 Å². The maximum Gasteiger partial charge on any atom is 0.307 e. The molecule has 0 aromatic rings. The molecule has 1 amide bonds. The summed E-state index contributed by atoms with van der Waals surface area (Å²) in [5.74, 6) is -1.95. The summed E-state index contributed by atoms with van der Waals surface area (Å²) in [6.45, 7) is 4.81. The van der Waals surface area contributed by atoms with Crippen molar-refractivity contribution in [1.82, 2.24) is 5.32 Å². The number of carboxylic acid groups (broad SMARTS) is 1. The molecule has 0 bridgehead atoms. The van der Waals surface area contributed by atoms with Gasteiger partial charge in [-0.2, -0.15) is 0 Å². The molecule has 0 radical (unpaired) electrons. The first-order valence-electron chi connectivity index (χ1n) is 6.36. The van der Waals surface area contributed by atoms with Gasteiger partial charge in [0, 0.05) is 6.54 Å². The second kappa shape index (κ2) is 7.87. The number of carboxylic acids is 1. The van der Waals surface area contributed by atoms with Gasteiger partial charge in [0.25, 0.3) is 0 Å². The molecular formula is C13H21NO4. The summed E-state index contributed by atoms with van der Waals surface area (Å²) < 4.78 is 5.15. The average Bonchev–Trinajstić information content (AvgIpc) is 2.38. The van der Waals surface area contributed by atoms with E-state index in [2.05, 4.69) is 11.9 Å². The Morgan fingerprint density at radius 2 is 2.00 bits per heavy atom. The highest BCUT2D eigenvalue weighted by molar-refractivity contribution is 5.84. The number of carbonyl (C=O) groups excluding carboxylic acids is 1. The molecule has 5 nitrogen and oxygen atoms in total. The van der Waals surface area contributed by atoms with E-state index < -0.39 is 17.8 Å². The summed E-state index contributed by atoms with van der Waals surface area (Å²) in [7, 11) is 0. The Balaban J connectivity index is 2.34. The highest BCUT2D eigenvalue weighted by atomic mass is 16.5. The Morgan fingerprint density at radius 3 is 2.61 bits per heavy atom. The molecule has 1 fully saturated rings. The molecular weight excluding hydrogens is 234 g/mol. The maximum absolute atomic E-state index is 11.9. The number of rotatable bonds is 7. The van der Waals surface area contributed by atoms with Gasteiger partial charge in [-0.3, -0.25) is 9.59 Å². The minimum Gasteiger partial charge on any atom is -0.481 e. The van der Waals surface area contributed by atoms with E-state index >= 15 is 0 Å². The number of nitrogens with one attached hydrogen (secondary N) is 1. The van der Waals surface area contributed by atoms with Crippen molar-refractivity contribution < 1.29 is 19.4 Å². The lowest BCUT2D eigenvalue weighted by Crippen LogP contribution is -2.40. The number of ether oxygens (including phenoxy) is 1. The quantitative estimate of drug-likeness (QED) is 0.529. The molecule has 1 rings (SSSR count). The van der Waals surface area contributed by atoms with E-state index in [4.69, 9.17) is 9.84 Å². The highest BCUT2D eigenvalue weighted by Gasteiger charge is 2.35. The normalized spacial score (nSPS) is 23.3. The van der Waals surface area contributed by atoms with Crippen molar-refractivity contribution >= 4 is 11.9 Å². The van der Waals surface area contributed by atoms with E-state index in [1.165, 1.54) is 0 Å². The minimum atomic E-state index is -0.863. The van der Waals surface area contributed by atoms with Crippen molar-refractivity contribution in [3.05, 3.63) is 12.7 Å². The zero-order valence-electron chi connectivity index (χ0n) is 10.6. The lowest BCUT2D eigenvalue weighted by Gasteiger charge is -2.27. The molecule has 0 aromatic heterocycles. The molecule has 0 aromatic carbocycles. The highest BCUT2D eigenvalue weighted by Crippen LogP contribution is 2.30. The number of aliphatic carboxylic acids is 1. The topological polar surface area (TPSA) is 75.6 Å². The lowest BCUT2D eigenvalue weighted by atomic mass is 9.79. The van der Waals surface area contributed by atoms with Gasteiger partial charge >= 0.3 is 5.97 Å². The summed E-state index contributed by atoms with van der Waals surface area (Å²) in [5.41, 5.74) is 0. The van der Waals surface area contributed by atoms with E-state index in [9.17, 15) is 9.59 Å². The Bertz CT molecular complexity index is 303. The first-order valence-corrected chi connectivity index (χ1v) is 6.36. The second-order valence-electron chi connectivity index (χ2n) is 4.49. The van der Waals surface area contributed by atoms with E-state index in [1.807, 2.05) is 0 Å². The fraction of sp³-hybridized carbons (Fsp3) is 0.692. The molecule has 1 aliphatic rings. The fourth-order valence-electron chi connectivity index (χ4n) is 2.28. The van der Waals surface area contributed by atoms with Crippen molar-refractivity contribution in [1.29, 1.82) is 0 Å². The van der Waals surface area contributed by atoms with Gasteiger partial charge in [-0.1, -0.05) is 18.9 Å². The molecule has 5 heteroatoms. The Hall–Kier alpha value is -1.36. The summed E-state index contributed by atoms with van der Waals surface area (Å²) in [4.78, 5) is 23.0. The fourth-order valence-corrected chi connectivity index (χ4v) is 2.28. The van der Waals surface area contributed by atoms with Gasteiger partial charge in [0.15, 0.2) is 0 Å². The van der Waals surface area contributed by atoms with Crippen molar-refractivity contribution in [2.75, 3.05) is 19.8 Å². The van der Waals surface area contributed by atoms with E-state index in [1.54, 1.807) is 6.08 Å². The first-order chi connectivity index (χ1) is 8.66. The third-order valence-corrected chi connectivity index (χ3v) is 3.20. The predicted octanol–water partition coefficient (Wildman–Crippen LogP) is 1.20. The van der Waals surface area contributed by atoms with E-state index in [0.717, 1.165) is 12.8 Å². The molecule has 1 saturated carbocycles. The molecule has 1 aliphatic carbocycles. The monoisotopic (exact) mass is 255 g/mol. The Morgan fingerprint density at radius 1 is 1.33 bits per heavy atom. The molecule has 2 unspecified atom stereocenters. The van der Waals surface area contributed by atoms with E-state index in [0.29, 0.717) is 32.6 Å². The summed E-state index contributed by atoms with van der Waals surface area (Å²) >= 11 is 0. The number of hydrogen-bond donors (Lipinski definition) is 2. The zero-order chi connectivity index (χ0) is 13.4. The van der Waals surface area contributed by atoms with Crippen LogP contribution in [-0.2, 0) is 14.3 Å². The molecule has 0 spiro atoms. The van der Waals surface area contributed by atoms with Gasteiger partial charge in [0.1, 0.15) is 0 Å². The van der Waals surface area contributed by atoms with Crippen LogP contribution in [0.15, 0.2) is 12.7 Å². The molecule has 18 heavy (non-hydrogen) atoms. The molecule has 2 N–H and O–H groups in total. The van der Waals surface area contributed by atoms with Crippen LogP contribution in [0.3, 0.4) is 0 Å². The molecule has 0 saturated heterocycles. The van der Waals surface area contributed by atoms with Crippen molar-refractivity contribution in [3.63, 3.8) is 0 Å². The SMILES string of the molecule is C=CCOCCNC(=O)C1CCCCC1C(=O)O. The van der Waals surface area contributed by atoms with Crippen LogP contribution in [0.5, 0.6) is 0 Å². The third-order valence-electron chi connectivity index (χ3n) is 3.20. The van der Waals surface area contributed by atoms with Crippen molar-refractivity contribution in [2.24, 2.45) is 11.8 Å². The lowest BCUT2D eigenvalue weighted by molar-refractivity contribution is -0.148. The Kier molecular flexibility index (Phi) is 6.43. The van der Waals surface area contributed by atoms with Crippen LogP contribution in [0, 0.1) is 11.8 Å². The summed E-state index contributed by atoms with van der Waals surface area (Å²) in [5, 5.41) is 11.8. The van der Waals surface area contributed by atoms with Crippen molar-refractivity contribution in [2.45, 2.75) is 25.7 Å². The van der Waals surface area contributed by atoms with Crippen LogP contribution in [0.4, 0.5) is 0 Å². The van der Waals surface area contributed by atoms with Gasteiger partial charge in [0.2, 0.25) is 5.91 Å². The minimum absolute atomic E-state index is 0.163. The average molecular weight is 255 g/mol. The van der Waals surface area contributed by atoms with Gasteiger partial charge in [-0.25, -0.2) is 0 Å². The largest absolute Gasteiger partial charge is 0.481 e. The number of carbonyl (C=O) groups is 2. The second-order valence-corrected chi connectivity index (χ2v) is 4.49. The van der Waals surface area contributed by atoms with Crippen LogP contribution in [-0.4, -0.2) is 36.7 Å². The summed E-state index contributed by atoms with van der Waals surface area (Å²) in [6, 6.07) is 0. The Labute approximate surface area is 107 Å². The van der Waals surface area contributed by atoms with Gasteiger partial charge < -0.3 is 15.2 Å². The molecule has 102 valence electrons. The predicted molar refractivity (Wildman–Crippen MR) is 67.1 cm³/mol. The molecule has 0 heterocycles. The molecule has 0 aliphatic heterocycles. The maximum atomic E-state index is 11.9.